The summed E-state index contributed by atoms with van der Waals surface area (Å²) in [4.78, 5) is 26.9. The van der Waals surface area contributed by atoms with Gasteiger partial charge in [-0.05, 0) is 400 Å². The molecule has 0 saturated heterocycles. The Hall–Kier alpha value is -15.3. The Labute approximate surface area is 867 Å². The number of para-hydroxylation sites is 2. The summed E-state index contributed by atoms with van der Waals surface area (Å²) in [7, 11) is 6.71. The lowest BCUT2D eigenvalue weighted by atomic mass is 10.0. The van der Waals surface area contributed by atoms with E-state index in [-0.39, 0.29) is 75.3 Å². The van der Waals surface area contributed by atoms with Gasteiger partial charge >= 0.3 is 0 Å². The second kappa shape index (κ2) is 70.5. The molecule has 798 valence electrons. The minimum absolute atomic E-state index is 0.0356. The molecule has 0 aliphatic heterocycles. The molecule has 0 unspecified atom stereocenters. The zero-order valence-electron chi connectivity index (χ0n) is 86.5. The second-order valence-electron chi connectivity index (χ2n) is 35.6. The summed E-state index contributed by atoms with van der Waals surface area (Å²) in [5, 5.41) is 113. The third-order valence-electron chi connectivity index (χ3n) is 21.2. The molecule has 0 bridgehead atoms. The number of nitrogens with one attached hydrogen (secondary N) is 8. The average molecular weight is 2060 g/mol. The molecule has 0 heterocycles. The maximum Gasteiger partial charge on any atom is 0.257 e. The zero-order chi connectivity index (χ0) is 111. The van der Waals surface area contributed by atoms with Crippen LogP contribution in [0.3, 0.4) is 0 Å². The number of rotatable bonds is 38. The van der Waals surface area contributed by atoms with Gasteiger partial charge in [-0.15, -0.1) is 0 Å². The number of aryl methyl sites for hydroxylation is 7. The van der Waals surface area contributed by atoms with E-state index in [4.69, 9.17) is 68.1 Å². The lowest BCUT2D eigenvalue weighted by Crippen LogP contribution is -2.22. The summed E-state index contributed by atoms with van der Waals surface area (Å²) in [6.07, 6.45) is 15.6. The molecule has 0 radical (unpaired) electrons. The first-order valence-electron chi connectivity index (χ1n) is 48.3. The molecule has 0 saturated carbocycles. The molecule has 0 aromatic heterocycles. The van der Waals surface area contributed by atoms with Gasteiger partial charge in [0.25, 0.3) is 11.8 Å². The van der Waals surface area contributed by atoms with Gasteiger partial charge in [-0.2, -0.15) is 0 Å². The van der Waals surface area contributed by atoms with Crippen molar-refractivity contribution in [1.82, 2.24) is 9.80 Å². The molecule has 12 aromatic rings. The van der Waals surface area contributed by atoms with Crippen LogP contribution in [0.25, 0.3) is 0 Å². The average Bonchev–Trinajstić information content (AvgIpc) is 0.841. The molecule has 149 heavy (non-hydrogen) atoms. The number of amides is 2. The maximum absolute atomic E-state index is 13.1. The quantitative estimate of drug-likeness (QED) is 0.00985. The first kappa shape index (κ1) is 128. The Kier molecular flexibility index (Phi) is 60.5. The van der Waals surface area contributed by atoms with E-state index in [0.29, 0.717) is 173 Å². The van der Waals surface area contributed by atoms with Crippen molar-refractivity contribution < 1.29 is 98.0 Å². The van der Waals surface area contributed by atoms with Crippen molar-refractivity contribution in [2.24, 2.45) is 0 Å². The number of phenolic OH excluding ortho intramolecular Hbond substituents is 5. The van der Waals surface area contributed by atoms with E-state index >= 15 is 0 Å². The van der Waals surface area contributed by atoms with E-state index in [2.05, 4.69) is 0 Å². The van der Waals surface area contributed by atoms with Crippen LogP contribution in [0.5, 0.6) is 51.7 Å². The number of hydrogen-bond donors (Lipinski definition) is 14. The summed E-state index contributed by atoms with van der Waals surface area (Å²) in [6.45, 7) is 14.0. The van der Waals surface area contributed by atoms with Gasteiger partial charge in [-0.25, -0.2) is 48.3 Å². The lowest BCUT2D eigenvalue weighted by molar-refractivity contribution is 0.0817. The first-order chi connectivity index (χ1) is 70.5. The molecular formula is C118H139F11N10O10. The Morgan fingerprint density at radius 2 is 0.631 bits per heavy atom. The number of aromatic hydroxyl groups is 5. The van der Waals surface area contributed by atoms with E-state index in [1.165, 1.54) is 125 Å². The first-order valence-corrected chi connectivity index (χ1v) is 48.3. The standard InChI is InChI=1S/2C15H14FNO2.C11H13F2NO.C11H14FNO2.3C11H14FNO.3C11H14FN/c2*1-17(2)15(18)13-5-3-4-6-14(13)19-12-9-7-11(16)8-10-12;1-7(14)3-2-4-8-5-9(12)6-10(13)11(8)15;1-7(13)3-2-4-8-5-9(12)6-10(14)11(8)15;1-8(13)2-7-11(14)9-3-5-10(12)6-4-9;1-8(13)3-2-4-9-5-10(12)7-11(14)6-9;1-8(13)3-2-4-9-7-10(14)5-6-11(9)12;1-9(13)4-2-5-10-6-3-7-11(12)8-10;1-9(13)5-4-7-10-6-2-3-8-11(10)12;1-9(13)3-2-4-10-5-7-11(12)8-6-10/h2*3-10H,1-2H3;5-6,14-15H,2-4H2,1H3;5-6,13-15H,2-4H2,1H3;3-6,11,13-14H,2,7H2,1H3;2*5-7,13-14H,2-4H2,1H3;3,6-8,13H,2,4-5H2,1H3;2-3,6,8,13H,4-5,7H2,1H3;5-8,13H,2-4H2,1H3/t;;;;11-;;;;;/m....0...../s1/i2*16-1;12-1,13-1;7*12-1. The molecule has 0 aliphatic rings. The van der Waals surface area contributed by atoms with Crippen LogP contribution in [0.1, 0.15) is 229 Å². The highest BCUT2D eigenvalue weighted by atomic mass is 18.2. The highest BCUT2D eigenvalue weighted by molar-refractivity contribution is 5.97. The molecule has 0 fully saturated rings. The molecule has 1 atom stereocenters. The largest absolute Gasteiger partial charge is 0.508 e. The number of phenols is 5. The smallest absolute Gasteiger partial charge is 0.257 e. The molecule has 14 N–H and O–H groups in total. The van der Waals surface area contributed by atoms with Crippen LogP contribution in [0.2, 0.25) is 0 Å². The molecule has 31 heteroatoms. The van der Waals surface area contributed by atoms with Crippen LogP contribution in [0.15, 0.2) is 255 Å². The summed E-state index contributed by atoms with van der Waals surface area (Å²) in [6, 6.07) is 63.0. The van der Waals surface area contributed by atoms with E-state index < -0.39 is 40.9 Å². The highest BCUT2D eigenvalue weighted by Crippen LogP contribution is 2.33. The number of aliphatic hydroxyl groups excluding tert-OH is 1. The van der Waals surface area contributed by atoms with Crippen molar-refractivity contribution in [2.75, 3.05) is 28.2 Å². The van der Waals surface area contributed by atoms with Crippen LogP contribution < -0.4 is 9.47 Å². The van der Waals surface area contributed by atoms with Gasteiger partial charge in [0.2, 0.25) is 0 Å². The van der Waals surface area contributed by atoms with Gasteiger partial charge in [0.15, 0.2) is 23.1 Å². The van der Waals surface area contributed by atoms with Crippen molar-refractivity contribution in [2.45, 2.75) is 209 Å². The molecular weight excluding hydrogens is 1920 g/mol. The number of aliphatic hydroxyl groups is 1. The highest BCUT2D eigenvalue weighted by Gasteiger charge is 2.19. The predicted molar refractivity (Wildman–Crippen MR) is 573 cm³/mol. The third kappa shape index (κ3) is 56.9. The molecule has 20 nitrogen and oxygen atoms in total. The number of halogens is 11. The summed E-state index contributed by atoms with van der Waals surface area (Å²) < 4.78 is 152. The minimum Gasteiger partial charge on any atom is -0.508 e. The lowest BCUT2D eigenvalue weighted by Gasteiger charge is -2.14. The molecule has 0 aliphatic carbocycles. The summed E-state index contributed by atoms with van der Waals surface area (Å²) in [5.41, 5.74) is 11.4. The fourth-order valence-corrected chi connectivity index (χ4v) is 13.5. The Morgan fingerprint density at radius 1 is 0.282 bits per heavy atom. The van der Waals surface area contributed by atoms with E-state index in [1.54, 1.807) is 180 Å². The van der Waals surface area contributed by atoms with Gasteiger partial charge in [0, 0.05) is 97.6 Å². The number of carbonyl (C=O) groups is 2. The molecule has 12 aromatic carbocycles. The number of benzene rings is 12. The zero-order valence-corrected chi connectivity index (χ0v) is 86.5. The van der Waals surface area contributed by atoms with Crippen LogP contribution in [-0.2, 0) is 44.9 Å². The normalized spacial score (nSPS) is 10.3. The van der Waals surface area contributed by atoms with E-state index in [9.17, 15) is 73.2 Å². The predicted octanol–water partition coefficient (Wildman–Crippen LogP) is 30.3. The Morgan fingerprint density at radius 3 is 1.05 bits per heavy atom. The van der Waals surface area contributed by atoms with Crippen molar-refractivity contribution in [3.8, 4) is 51.7 Å². The monoisotopic (exact) mass is 2050 g/mol. The second-order valence-corrected chi connectivity index (χ2v) is 35.6. The Balaban J connectivity index is 0.000000426. The van der Waals surface area contributed by atoms with Crippen LogP contribution >= 0.6 is 0 Å². The van der Waals surface area contributed by atoms with Gasteiger partial charge < -0.3 is 93.2 Å². The van der Waals surface area contributed by atoms with Crippen molar-refractivity contribution in [1.29, 1.82) is 43.3 Å². The summed E-state index contributed by atoms with van der Waals surface area (Å²) >= 11 is 0. The van der Waals surface area contributed by atoms with Gasteiger partial charge in [0.05, 0.1) is 17.2 Å². The van der Waals surface area contributed by atoms with Crippen molar-refractivity contribution >= 4 is 57.5 Å². The number of hydrogen-bond acceptors (Lipinski definition) is 18. The van der Waals surface area contributed by atoms with Crippen molar-refractivity contribution in [3.63, 3.8) is 0 Å². The van der Waals surface area contributed by atoms with E-state index in [0.717, 1.165) is 118 Å². The van der Waals surface area contributed by atoms with E-state index in [1.807, 2.05) is 19.1 Å². The number of nitrogens with zero attached hydrogens (tertiary/aromatic N) is 2. The molecule has 12 rings (SSSR count). The minimum atomic E-state index is -0.934. The van der Waals surface area contributed by atoms with Gasteiger partial charge in [-0.3, -0.25) is 9.59 Å². The van der Waals surface area contributed by atoms with Crippen LogP contribution in [-0.4, -0.2) is 126 Å². The fraction of sp³-hybridized carbons (Fsp3) is 0.305. The van der Waals surface area contributed by atoms with Gasteiger partial charge in [0.1, 0.15) is 92.7 Å². The third-order valence-corrected chi connectivity index (χ3v) is 21.2. The fourth-order valence-electron chi connectivity index (χ4n) is 13.5. The SMILES string of the molecule is CC(=N)CCCc1cc(O)cc([18F])c1.CC(=N)CCCc1cc(O)ccc1[18F].CC(=N)CCCc1cc([18F])cc(O)c1O.CC(=N)CCCc1cc([18F])cc([18F])c1O.CC(=N)CCCc1ccc([18F])cc1.CC(=N)CCCc1cccc([18F])c1.CC(=N)CCCc1ccccc1[18F].CC(=N)CC[C@H](O)c1ccc([18F])cc1.CN(C)C(=O)c1ccccc1Oc1ccc([18F])cc1.CN(C)C(=O)c1ccccc1Oc1ccc([18F])cc1. The number of ether oxygens (including phenoxy) is 2. The van der Waals surface area contributed by atoms with Gasteiger partial charge in [-0.1, -0.05) is 78.9 Å². The van der Waals surface area contributed by atoms with Crippen LogP contribution in [0, 0.1) is 107 Å². The Bertz CT molecular complexity index is 6010. The number of carbonyl (C=O) groups excluding carboxylic acids is 2. The van der Waals surface area contributed by atoms with Crippen LogP contribution in [0.4, 0.5) is 48.3 Å². The van der Waals surface area contributed by atoms with Crippen molar-refractivity contribution in [3.05, 3.63) is 374 Å². The topological polar surface area (TPSA) is 371 Å². The summed E-state index contributed by atoms with van der Waals surface area (Å²) in [5.74, 6) is -3.88. The molecule has 2 amide bonds. The maximum atomic E-state index is 13.1. The molecule has 0 spiro atoms.